The van der Waals surface area contributed by atoms with Crippen molar-refractivity contribution < 1.29 is 28.3 Å². The molecule has 7 nitrogen and oxygen atoms in total. The van der Waals surface area contributed by atoms with Gasteiger partial charge in [0.1, 0.15) is 18.1 Å². The first-order chi connectivity index (χ1) is 25.7. The van der Waals surface area contributed by atoms with Crippen molar-refractivity contribution in [1.29, 1.82) is 0 Å². The van der Waals surface area contributed by atoms with Crippen LogP contribution in [0.4, 0.5) is 5.69 Å². The first kappa shape index (κ1) is 37.0. The molecule has 2 aliphatic heterocycles. The van der Waals surface area contributed by atoms with E-state index in [1.54, 1.807) is 6.07 Å². The minimum Gasteiger partial charge on any atom is -0.459 e. The summed E-state index contributed by atoms with van der Waals surface area (Å²) in [7, 11) is -2.90. The van der Waals surface area contributed by atoms with E-state index in [-0.39, 0.29) is 35.5 Å². The van der Waals surface area contributed by atoms with E-state index in [4.69, 9.17) is 13.6 Å². The van der Waals surface area contributed by atoms with Gasteiger partial charge in [0, 0.05) is 5.92 Å². The second-order valence-corrected chi connectivity index (χ2v) is 20.0. The van der Waals surface area contributed by atoms with Gasteiger partial charge in [0.25, 0.3) is 8.32 Å². The number of benzene rings is 3. The predicted molar refractivity (Wildman–Crippen MR) is 211 cm³/mol. The molecule has 3 heterocycles. The number of carbonyl (C=O) groups is 2. The van der Waals surface area contributed by atoms with Crippen molar-refractivity contribution in [1.82, 2.24) is 0 Å². The molecule has 8 heteroatoms. The summed E-state index contributed by atoms with van der Waals surface area (Å²) in [4.78, 5) is 29.9. The van der Waals surface area contributed by atoms with Crippen LogP contribution in [-0.4, -0.2) is 44.6 Å². The Morgan fingerprint density at radius 3 is 2.09 bits per heavy atom. The molecule has 4 aromatic rings. The Kier molecular flexibility index (Phi) is 10.9. The van der Waals surface area contributed by atoms with Crippen LogP contribution in [0.25, 0.3) is 6.08 Å². The van der Waals surface area contributed by atoms with Crippen molar-refractivity contribution in [2.24, 2.45) is 17.8 Å². The van der Waals surface area contributed by atoms with E-state index in [1.807, 2.05) is 48.5 Å². The molecule has 3 aromatic carbocycles. The fourth-order valence-corrected chi connectivity index (χ4v) is 13.6. The molecule has 0 radical (unpaired) electrons. The Morgan fingerprint density at radius 2 is 1.51 bits per heavy atom. The van der Waals surface area contributed by atoms with Crippen LogP contribution in [0.1, 0.15) is 71.3 Å². The lowest BCUT2D eigenvalue weighted by Crippen LogP contribution is -2.66. The lowest BCUT2D eigenvalue weighted by Gasteiger charge is -2.44. The zero-order valence-corrected chi connectivity index (χ0v) is 32.3. The number of aliphatic hydroxyl groups excluding tert-OH is 1. The van der Waals surface area contributed by atoms with Crippen molar-refractivity contribution in [2.45, 2.75) is 77.5 Å². The van der Waals surface area contributed by atoms with E-state index >= 15 is 0 Å². The summed E-state index contributed by atoms with van der Waals surface area (Å²) in [5.74, 6) is -0.117. The number of anilines is 1. The van der Waals surface area contributed by atoms with E-state index in [2.05, 4.69) is 82.3 Å². The van der Waals surface area contributed by atoms with E-state index in [0.717, 1.165) is 42.6 Å². The number of nitrogens with zero attached hydrogens (tertiary/aromatic N) is 1. The Bertz CT molecular complexity index is 1920. The number of allylic oxidation sites excluding steroid dienone is 1. The normalized spacial score (nSPS) is 22.1. The maximum Gasteiger partial charge on any atom is 0.261 e. The van der Waals surface area contributed by atoms with Crippen molar-refractivity contribution in [3.8, 4) is 0 Å². The van der Waals surface area contributed by atoms with Crippen LogP contribution in [-0.2, 0) is 25.4 Å². The van der Waals surface area contributed by atoms with Crippen LogP contribution in [0.15, 0.2) is 124 Å². The second-order valence-electron chi connectivity index (χ2n) is 15.7. The van der Waals surface area contributed by atoms with Crippen LogP contribution in [0.2, 0.25) is 5.04 Å². The lowest BCUT2D eigenvalue weighted by molar-refractivity contribution is -0.122. The van der Waals surface area contributed by atoms with E-state index in [1.165, 1.54) is 20.8 Å². The average Bonchev–Trinajstić information content (AvgIpc) is 3.87. The minimum atomic E-state index is -2.90. The van der Waals surface area contributed by atoms with Gasteiger partial charge in [-0.2, -0.15) is 0 Å². The standard InChI is InChI=1S/C45H51NO6Si/c1-5-15-31(26-34-23-24-35(28-47)52-34)22-25-40-41-32(27-38-42(39(41)30-50-40)44(49)46(43(38)48)33-16-9-6-10-17-33)29-51-53(45(2,3)4,36-18-11-7-12-19-36)37-20-13-8-14-21-37/h6-14,16-21,23-24,26,38-40,42,47H,5,15,22,25,27-30H2,1-4H3/b31-26+/t38-,39+,40-,42-/m1/s1. The molecular formula is C45H51NO6Si. The SMILES string of the molecule is CCC/C(=C\c1ccc(CO)o1)CC[C@H]1OC[C@H]2C1=C(CO[Si](c1ccccc1)(c1ccccc1)C(C)(C)C)C[C@H]1C(=O)N(c3ccccc3)C(=O)[C@H]12. The fraction of sp³-hybridized carbons (Fsp3) is 0.378. The second kappa shape index (κ2) is 15.6. The first-order valence-corrected chi connectivity index (χ1v) is 21.0. The Morgan fingerprint density at radius 1 is 0.868 bits per heavy atom. The highest BCUT2D eigenvalue weighted by Gasteiger charge is 2.58. The number of furan rings is 1. The van der Waals surface area contributed by atoms with Gasteiger partial charge in [0.05, 0.1) is 36.8 Å². The lowest BCUT2D eigenvalue weighted by atomic mass is 9.69. The van der Waals surface area contributed by atoms with Crippen LogP contribution in [0.5, 0.6) is 0 Å². The smallest absolute Gasteiger partial charge is 0.261 e. The maximum absolute atomic E-state index is 14.3. The summed E-state index contributed by atoms with van der Waals surface area (Å²) < 4.78 is 20.0. The quantitative estimate of drug-likeness (QED) is 0.0858. The Balaban J connectivity index is 1.27. The number of amides is 2. The van der Waals surface area contributed by atoms with Crippen molar-refractivity contribution >= 4 is 42.3 Å². The van der Waals surface area contributed by atoms with Gasteiger partial charge in [-0.25, -0.2) is 0 Å². The molecular weight excluding hydrogens is 679 g/mol. The van der Waals surface area contributed by atoms with Crippen LogP contribution < -0.4 is 15.3 Å². The molecule has 0 unspecified atom stereocenters. The van der Waals surface area contributed by atoms with Gasteiger partial charge in [-0.3, -0.25) is 14.5 Å². The van der Waals surface area contributed by atoms with Crippen molar-refractivity contribution in [3.05, 3.63) is 131 Å². The van der Waals surface area contributed by atoms with Crippen molar-refractivity contribution in [2.75, 3.05) is 18.1 Å². The third kappa shape index (κ3) is 7.06. The van der Waals surface area contributed by atoms with Crippen LogP contribution in [0.3, 0.4) is 0 Å². The highest BCUT2D eigenvalue weighted by atomic mass is 28.4. The van der Waals surface area contributed by atoms with Gasteiger partial charge in [-0.05, 0) is 82.6 Å². The van der Waals surface area contributed by atoms with Crippen LogP contribution >= 0.6 is 0 Å². The number of fused-ring (bicyclic) bond motifs is 3. The molecule has 276 valence electrons. The molecule has 1 N–H and O–H groups in total. The van der Waals surface area contributed by atoms with Gasteiger partial charge in [0.2, 0.25) is 11.8 Å². The highest BCUT2D eigenvalue weighted by Crippen LogP contribution is 2.51. The molecule has 4 atom stereocenters. The largest absolute Gasteiger partial charge is 0.459 e. The Labute approximate surface area is 314 Å². The molecule has 53 heavy (non-hydrogen) atoms. The summed E-state index contributed by atoms with van der Waals surface area (Å²) in [6, 6.07) is 34.3. The number of carbonyl (C=O) groups excluding carboxylic acids is 2. The molecule has 2 saturated heterocycles. The topological polar surface area (TPSA) is 89.2 Å². The van der Waals surface area contributed by atoms with Gasteiger partial charge < -0.3 is 18.7 Å². The van der Waals surface area contributed by atoms with Crippen molar-refractivity contribution in [3.63, 3.8) is 0 Å². The molecule has 1 aliphatic carbocycles. The van der Waals surface area contributed by atoms with Gasteiger partial charge in [-0.15, -0.1) is 0 Å². The summed E-state index contributed by atoms with van der Waals surface area (Å²) in [5.41, 5.74) is 4.12. The number of hydrogen-bond donors (Lipinski definition) is 1. The highest BCUT2D eigenvalue weighted by molar-refractivity contribution is 6.99. The van der Waals surface area contributed by atoms with E-state index in [9.17, 15) is 14.7 Å². The zero-order chi connectivity index (χ0) is 37.2. The summed E-state index contributed by atoms with van der Waals surface area (Å²) >= 11 is 0. The van der Waals surface area contributed by atoms with Gasteiger partial charge in [-0.1, -0.05) is 119 Å². The number of imide groups is 1. The fourth-order valence-electron chi connectivity index (χ4n) is 9.06. The van der Waals surface area contributed by atoms with E-state index < -0.39 is 20.2 Å². The number of rotatable bonds is 13. The molecule has 7 rings (SSSR count). The molecule has 3 aliphatic rings. The summed E-state index contributed by atoms with van der Waals surface area (Å²) in [6.07, 6.45) is 5.80. The third-order valence-corrected chi connectivity index (χ3v) is 16.4. The molecule has 0 bridgehead atoms. The third-order valence-electron chi connectivity index (χ3n) is 11.4. The Hall–Kier alpha value is -4.34. The molecule has 0 spiro atoms. The summed E-state index contributed by atoms with van der Waals surface area (Å²) in [5, 5.41) is 11.7. The van der Waals surface area contributed by atoms with Gasteiger partial charge >= 0.3 is 0 Å². The van der Waals surface area contributed by atoms with Crippen LogP contribution in [0, 0.1) is 17.8 Å². The van der Waals surface area contributed by atoms with E-state index in [0.29, 0.717) is 31.1 Å². The predicted octanol–water partition coefficient (Wildman–Crippen LogP) is 7.83. The average molecular weight is 730 g/mol. The number of ether oxygens (including phenoxy) is 1. The molecule has 1 aromatic heterocycles. The zero-order valence-electron chi connectivity index (χ0n) is 31.3. The minimum absolute atomic E-state index is 0.131. The number of para-hydroxylation sites is 1. The molecule has 2 amide bonds. The molecule has 0 saturated carbocycles. The monoisotopic (exact) mass is 729 g/mol. The maximum atomic E-state index is 14.3. The number of hydrogen-bond acceptors (Lipinski definition) is 6. The van der Waals surface area contributed by atoms with Gasteiger partial charge in [0.15, 0.2) is 0 Å². The molecule has 2 fully saturated rings. The number of aliphatic hydroxyl groups is 1. The summed E-state index contributed by atoms with van der Waals surface area (Å²) in [6.45, 7) is 9.63. The first-order valence-electron chi connectivity index (χ1n) is 19.1.